The molecule has 0 heteroatoms. The van der Waals surface area contributed by atoms with Crippen molar-refractivity contribution in [3.05, 3.63) is 182 Å². The fraction of sp³-hybridized carbons (Fsp3) is 0. The summed E-state index contributed by atoms with van der Waals surface area (Å²) in [5, 5.41) is 10.1. The second kappa shape index (κ2) is 10.9. The molecular weight excluding hydrogens is 553 g/mol. The Labute approximate surface area is 268 Å². The third kappa shape index (κ3) is 4.23. The van der Waals surface area contributed by atoms with E-state index in [0.29, 0.717) is 0 Å². The van der Waals surface area contributed by atoms with Crippen LogP contribution in [0, 0.1) is 0 Å². The highest BCUT2D eigenvalue weighted by Gasteiger charge is 2.18. The molecule has 0 amide bonds. The average Bonchev–Trinajstić information content (AvgIpc) is 3.13. The van der Waals surface area contributed by atoms with Gasteiger partial charge in [-0.2, -0.15) is 0 Å². The van der Waals surface area contributed by atoms with Crippen LogP contribution in [-0.4, -0.2) is 0 Å². The second-order valence-electron chi connectivity index (χ2n) is 12.0. The van der Waals surface area contributed by atoms with Gasteiger partial charge < -0.3 is 0 Å². The van der Waals surface area contributed by atoms with Crippen molar-refractivity contribution in [2.24, 2.45) is 0 Å². The van der Waals surface area contributed by atoms with Crippen LogP contribution in [0.1, 0.15) is 0 Å². The van der Waals surface area contributed by atoms with E-state index >= 15 is 0 Å². The number of hydrogen-bond acceptors (Lipinski definition) is 0. The second-order valence-corrected chi connectivity index (χ2v) is 12.0. The molecule has 9 rings (SSSR count). The quantitative estimate of drug-likeness (QED) is 0.181. The van der Waals surface area contributed by atoms with Gasteiger partial charge in [0.15, 0.2) is 0 Å². The lowest BCUT2D eigenvalue weighted by atomic mass is 9.84. The molecule has 46 heavy (non-hydrogen) atoms. The smallest absolute Gasteiger partial charge is 0.00201 e. The molecule has 214 valence electrons. The Morgan fingerprint density at radius 1 is 0.217 bits per heavy atom. The van der Waals surface area contributed by atoms with Crippen LogP contribution >= 0.6 is 0 Å². The maximum atomic E-state index is 2.37. The fourth-order valence-corrected chi connectivity index (χ4v) is 7.44. The number of hydrogen-bond donors (Lipinski definition) is 0. The van der Waals surface area contributed by atoms with Gasteiger partial charge in [-0.15, -0.1) is 0 Å². The maximum Gasteiger partial charge on any atom is -0.00201 e. The topological polar surface area (TPSA) is 0 Å². The molecule has 9 aromatic carbocycles. The monoisotopic (exact) mass is 582 g/mol. The Balaban J connectivity index is 1.34. The molecule has 0 aliphatic carbocycles. The van der Waals surface area contributed by atoms with E-state index in [0.717, 1.165) is 0 Å². The fourth-order valence-electron chi connectivity index (χ4n) is 7.44. The van der Waals surface area contributed by atoms with Crippen molar-refractivity contribution in [2.45, 2.75) is 0 Å². The third-order valence-corrected chi connectivity index (χ3v) is 9.44. The standard InChI is InChI=1S/C46H30/c1-3-15-31(16-4-1)44-30-34(29-33-19-7-8-20-35(33)44)36-25-13-27-38-37(36)26-14-28-39(38)46-42-23-11-9-21-40(42)45(32-17-5-2-6-18-32)41-22-10-12-24-43(41)46/h1-30H. The zero-order valence-corrected chi connectivity index (χ0v) is 25.3. The van der Waals surface area contributed by atoms with Crippen LogP contribution in [0.15, 0.2) is 182 Å². The highest BCUT2D eigenvalue weighted by atomic mass is 14.2. The van der Waals surface area contributed by atoms with Gasteiger partial charge in [-0.25, -0.2) is 0 Å². The molecule has 0 fully saturated rings. The number of fused-ring (bicyclic) bond motifs is 4. The summed E-state index contributed by atoms with van der Waals surface area (Å²) < 4.78 is 0. The zero-order chi connectivity index (χ0) is 30.5. The number of benzene rings is 9. The van der Waals surface area contributed by atoms with Crippen molar-refractivity contribution in [1.29, 1.82) is 0 Å². The van der Waals surface area contributed by atoms with Gasteiger partial charge in [-0.05, 0) is 99.7 Å². The SMILES string of the molecule is c1ccc(-c2cc(-c3cccc4c(-c5c6ccccc6c(-c6ccccc6)c6ccccc56)cccc34)cc3ccccc23)cc1. The maximum absolute atomic E-state index is 2.37. The molecule has 0 heterocycles. The van der Waals surface area contributed by atoms with Crippen molar-refractivity contribution in [3.8, 4) is 44.5 Å². The summed E-state index contributed by atoms with van der Waals surface area (Å²) in [6.45, 7) is 0. The summed E-state index contributed by atoms with van der Waals surface area (Å²) in [5.41, 5.74) is 10.1. The molecule has 0 aromatic heterocycles. The van der Waals surface area contributed by atoms with E-state index in [1.807, 2.05) is 0 Å². The summed E-state index contributed by atoms with van der Waals surface area (Å²) in [6, 6.07) is 66.5. The lowest BCUT2D eigenvalue weighted by molar-refractivity contribution is 1.63. The Morgan fingerprint density at radius 3 is 1.30 bits per heavy atom. The van der Waals surface area contributed by atoms with E-state index < -0.39 is 0 Å². The highest BCUT2D eigenvalue weighted by Crippen LogP contribution is 2.46. The first-order valence-electron chi connectivity index (χ1n) is 15.9. The summed E-state index contributed by atoms with van der Waals surface area (Å²) in [6.07, 6.45) is 0. The Morgan fingerprint density at radius 2 is 0.674 bits per heavy atom. The minimum Gasteiger partial charge on any atom is -0.0622 e. The molecule has 0 spiro atoms. The third-order valence-electron chi connectivity index (χ3n) is 9.44. The average molecular weight is 583 g/mol. The van der Waals surface area contributed by atoms with E-state index in [9.17, 15) is 0 Å². The molecular formula is C46H30. The van der Waals surface area contributed by atoms with Gasteiger partial charge in [0, 0.05) is 0 Å². The van der Waals surface area contributed by atoms with Crippen molar-refractivity contribution >= 4 is 43.1 Å². The summed E-state index contributed by atoms with van der Waals surface area (Å²) in [7, 11) is 0. The summed E-state index contributed by atoms with van der Waals surface area (Å²) in [5.74, 6) is 0. The van der Waals surface area contributed by atoms with E-state index in [1.54, 1.807) is 0 Å². The van der Waals surface area contributed by atoms with Gasteiger partial charge in [0.1, 0.15) is 0 Å². The minimum absolute atomic E-state index is 1.23. The molecule has 0 radical (unpaired) electrons. The molecule has 0 unspecified atom stereocenters. The van der Waals surface area contributed by atoms with E-state index in [2.05, 4.69) is 182 Å². The molecule has 0 N–H and O–H groups in total. The van der Waals surface area contributed by atoms with Crippen molar-refractivity contribution in [3.63, 3.8) is 0 Å². The van der Waals surface area contributed by atoms with Crippen LogP contribution in [0.2, 0.25) is 0 Å². The lowest BCUT2D eigenvalue weighted by Crippen LogP contribution is -1.92. The summed E-state index contributed by atoms with van der Waals surface area (Å²) in [4.78, 5) is 0. The van der Waals surface area contributed by atoms with Crippen LogP contribution < -0.4 is 0 Å². The van der Waals surface area contributed by atoms with Crippen molar-refractivity contribution in [1.82, 2.24) is 0 Å². The largest absolute Gasteiger partial charge is 0.0622 e. The van der Waals surface area contributed by atoms with Gasteiger partial charge in [0.25, 0.3) is 0 Å². The van der Waals surface area contributed by atoms with Crippen LogP contribution in [0.4, 0.5) is 0 Å². The molecule has 0 aliphatic heterocycles. The number of rotatable bonds is 4. The Bertz CT molecular complexity index is 2500. The van der Waals surface area contributed by atoms with Crippen LogP contribution in [-0.2, 0) is 0 Å². The first kappa shape index (κ1) is 26.4. The van der Waals surface area contributed by atoms with Gasteiger partial charge in [0.05, 0.1) is 0 Å². The first-order valence-corrected chi connectivity index (χ1v) is 15.9. The summed E-state index contributed by atoms with van der Waals surface area (Å²) >= 11 is 0. The highest BCUT2D eigenvalue weighted by molar-refractivity contribution is 6.24. The molecule has 0 nitrogen and oxygen atoms in total. The molecule has 0 aliphatic rings. The van der Waals surface area contributed by atoms with Gasteiger partial charge in [-0.3, -0.25) is 0 Å². The Kier molecular flexibility index (Phi) is 6.25. The van der Waals surface area contributed by atoms with Crippen molar-refractivity contribution < 1.29 is 0 Å². The Hall–Kier alpha value is -5.98. The first-order chi connectivity index (χ1) is 22.8. The van der Waals surface area contributed by atoms with Gasteiger partial charge >= 0.3 is 0 Å². The van der Waals surface area contributed by atoms with Crippen molar-refractivity contribution in [2.75, 3.05) is 0 Å². The van der Waals surface area contributed by atoms with E-state index in [-0.39, 0.29) is 0 Å². The van der Waals surface area contributed by atoms with Crippen LogP contribution in [0.25, 0.3) is 87.6 Å². The molecule has 0 bridgehead atoms. The van der Waals surface area contributed by atoms with Crippen LogP contribution in [0.5, 0.6) is 0 Å². The molecule has 0 atom stereocenters. The molecule has 0 saturated heterocycles. The predicted molar refractivity (Wildman–Crippen MR) is 198 cm³/mol. The molecule has 0 saturated carbocycles. The predicted octanol–water partition coefficient (Wildman–Crippen LogP) is 13.0. The lowest BCUT2D eigenvalue weighted by Gasteiger charge is -2.19. The minimum atomic E-state index is 1.23. The van der Waals surface area contributed by atoms with Crippen LogP contribution in [0.3, 0.4) is 0 Å². The van der Waals surface area contributed by atoms with Gasteiger partial charge in [0.2, 0.25) is 0 Å². The zero-order valence-electron chi connectivity index (χ0n) is 25.3. The normalized spacial score (nSPS) is 11.5. The van der Waals surface area contributed by atoms with Gasteiger partial charge in [-0.1, -0.05) is 170 Å². The molecule has 9 aromatic rings. The van der Waals surface area contributed by atoms with E-state index in [1.165, 1.54) is 87.6 Å². The van der Waals surface area contributed by atoms with E-state index in [4.69, 9.17) is 0 Å².